The first-order valence-corrected chi connectivity index (χ1v) is 6.60. The molecule has 1 aromatic heterocycles. The summed E-state index contributed by atoms with van der Waals surface area (Å²) in [5, 5.41) is 0.649. The molecule has 0 bridgehead atoms. The molecular formula is C13H22ClN3. The van der Waals surface area contributed by atoms with Gasteiger partial charge in [-0.25, -0.2) is 4.98 Å². The molecule has 0 aromatic carbocycles. The van der Waals surface area contributed by atoms with Crippen LogP contribution in [-0.2, 0) is 6.54 Å². The maximum absolute atomic E-state index is 6.02. The molecule has 0 radical (unpaired) electrons. The van der Waals surface area contributed by atoms with Gasteiger partial charge in [0.25, 0.3) is 0 Å². The largest absolute Gasteiger partial charge is 0.357 e. The van der Waals surface area contributed by atoms with E-state index in [9.17, 15) is 0 Å². The van der Waals surface area contributed by atoms with Crippen molar-refractivity contribution < 1.29 is 0 Å². The average Bonchev–Trinajstić information content (AvgIpc) is 2.36. The summed E-state index contributed by atoms with van der Waals surface area (Å²) in [6.07, 6.45) is 1.17. The molecular weight excluding hydrogens is 234 g/mol. The van der Waals surface area contributed by atoms with Gasteiger partial charge in [0.1, 0.15) is 5.82 Å². The third-order valence-corrected chi connectivity index (χ3v) is 3.38. The summed E-state index contributed by atoms with van der Waals surface area (Å²) in [6, 6.07) is 3.85. The third kappa shape index (κ3) is 3.86. The zero-order chi connectivity index (χ0) is 12.8. The highest BCUT2D eigenvalue weighted by atomic mass is 35.5. The Bertz CT molecular complexity index is 355. The predicted molar refractivity (Wildman–Crippen MR) is 74.5 cm³/mol. The summed E-state index contributed by atoms with van der Waals surface area (Å²) in [4.78, 5) is 6.79. The molecule has 1 rings (SSSR count). The average molecular weight is 256 g/mol. The molecule has 4 heteroatoms. The van der Waals surface area contributed by atoms with E-state index in [2.05, 4.69) is 30.7 Å². The molecule has 2 N–H and O–H groups in total. The van der Waals surface area contributed by atoms with Gasteiger partial charge in [-0.3, -0.25) is 0 Å². The molecule has 1 unspecified atom stereocenters. The minimum atomic E-state index is 0.382. The fraction of sp³-hybridized carbons (Fsp3) is 0.615. The second-order valence-electron chi connectivity index (χ2n) is 4.35. The SMILES string of the molecule is CCC(C)CN(CC)c1ccc(Cl)c(CN)n1. The molecule has 1 aromatic rings. The summed E-state index contributed by atoms with van der Waals surface area (Å²) >= 11 is 6.02. The van der Waals surface area contributed by atoms with E-state index >= 15 is 0 Å². The zero-order valence-electron chi connectivity index (χ0n) is 10.9. The second-order valence-corrected chi connectivity index (χ2v) is 4.76. The van der Waals surface area contributed by atoms with Gasteiger partial charge in [0.05, 0.1) is 10.7 Å². The Hall–Kier alpha value is -0.800. The Morgan fingerprint density at radius 1 is 1.41 bits per heavy atom. The van der Waals surface area contributed by atoms with Crippen molar-refractivity contribution >= 4 is 17.4 Å². The number of nitrogens with zero attached hydrogens (tertiary/aromatic N) is 2. The van der Waals surface area contributed by atoms with Crippen molar-refractivity contribution in [2.24, 2.45) is 11.7 Å². The molecule has 0 spiro atoms. The van der Waals surface area contributed by atoms with E-state index < -0.39 is 0 Å². The number of hydrogen-bond acceptors (Lipinski definition) is 3. The van der Waals surface area contributed by atoms with Crippen molar-refractivity contribution in [1.82, 2.24) is 4.98 Å². The van der Waals surface area contributed by atoms with Gasteiger partial charge < -0.3 is 10.6 Å². The first kappa shape index (κ1) is 14.3. The van der Waals surface area contributed by atoms with Crippen molar-refractivity contribution in [2.45, 2.75) is 33.7 Å². The van der Waals surface area contributed by atoms with Crippen molar-refractivity contribution in [3.05, 3.63) is 22.8 Å². The highest BCUT2D eigenvalue weighted by molar-refractivity contribution is 6.31. The van der Waals surface area contributed by atoms with Crippen LogP contribution in [0.4, 0.5) is 5.82 Å². The molecule has 0 saturated carbocycles. The van der Waals surface area contributed by atoms with Crippen LogP contribution in [0, 0.1) is 5.92 Å². The van der Waals surface area contributed by atoms with Crippen molar-refractivity contribution in [1.29, 1.82) is 0 Å². The first-order valence-electron chi connectivity index (χ1n) is 6.22. The monoisotopic (exact) mass is 255 g/mol. The van der Waals surface area contributed by atoms with Crippen LogP contribution in [0.25, 0.3) is 0 Å². The molecule has 17 heavy (non-hydrogen) atoms. The van der Waals surface area contributed by atoms with Crippen LogP contribution in [0.2, 0.25) is 5.02 Å². The normalized spacial score (nSPS) is 12.5. The second kappa shape index (κ2) is 6.82. The Labute approximate surface area is 109 Å². The summed E-state index contributed by atoms with van der Waals surface area (Å²) in [7, 11) is 0. The predicted octanol–water partition coefficient (Wildman–Crippen LogP) is 3.07. The maximum atomic E-state index is 6.02. The molecule has 0 aliphatic carbocycles. The van der Waals surface area contributed by atoms with Gasteiger partial charge in [0, 0.05) is 19.6 Å². The highest BCUT2D eigenvalue weighted by Gasteiger charge is 2.11. The van der Waals surface area contributed by atoms with Crippen LogP contribution in [0.3, 0.4) is 0 Å². The van der Waals surface area contributed by atoms with Crippen LogP contribution in [-0.4, -0.2) is 18.1 Å². The Morgan fingerprint density at radius 2 is 2.12 bits per heavy atom. The zero-order valence-corrected chi connectivity index (χ0v) is 11.7. The van der Waals surface area contributed by atoms with E-state index in [1.807, 2.05) is 12.1 Å². The van der Waals surface area contributed by atoms with E-state index in [0.717, 1.165) is 24.6 Å². The lowest BCUT2D eigenvalue weighted by Gasteiger charge is -2.25. The topological polar surface area (TPSA) is 42.1 Å². The fourth-order valence-electron chi connectivity index (χ4n) is 1.68. The van der Waals surface area contributed by atoms with Gasteiger partial charge in [0.15, 0.2) is 0 Å². The van der Waals surface area contributed by atoms with Crippen LogP contribution in [0.15, 0.2) is 12.1 Å². The minimum absolute atomic E-state index is 0.382. The quantitative estimate of drug-likeness (QED) is 0.850. The summed E-state index contributed by atoms with van der Waals surface area (Å²) in [6.45, 7) is 8.95. The number of aromatic nitrogens is 1. The van der Waals surface area contributed by atoms with Gasteiger partial charge in [-0.15, -0.1) is 0 Å². The van der Waals surface area contributed by atoms with E-state index in [4.69, 9.17) is 17.3 Å². The summed E-state index contributed by atoms with van der Waals surface area (Å²) < 4.78 is 0. The standard InChI is InChI=1S/C13H22ClN3/c1-4-10(3)9-17(5-2)13-7-6-11(14)12(8-15)16-13/h6-7,10H,4-5,8-9,15H2,1-3H3. The highest BCUT2D eigenvalue weighted by Crippen LogP contribution is 2.20. The van der Waals surface area contributed by atoms with Crippen LogP contribution in [0.5, 0.6) is 0 Å². The molecule has 0 aliphatic heterocycles. The Morgan fingerprint density at radius 3 is 2.65 bits per heavy atom. The van der Waals surface area contributed by atoms with Crippen molar-refractivity contribution in [3.63, 3.8) is 0 Å². The van der Waals surface area contributed by atoms with Gasteiger partial charge in [-0.1, -0.05) is 31.9 Å². The molecule has 1 heterocycles. The third-order valence-electron chi connectivity index (χ3n) is 3.03. The number of rotatable bonds is 6. The van der Waals surface area contributed by atoms with Gasteiger partial charge in [0.2, 0.25) is 0 Å². The van der Waals surface area contributed by atoms with E-state index in [1.165, 1.54) is 6.42 Å². The summed E-state index contributed by atoms with van der Waals surface area (Å²) in [5.74, 6) is 1.63. The first-order chi connectivity index (χ1) is 8.12. The molecule has 0 aliphatic rings. The van der Waals surface area contributed by atoms with E-state index in [1.54, 1.807) is 0 Å². The van der Waals surface area contributed by atoms with Crippen molar-refractivity contribution in [3.8, 4) is 0 Å². The number of pyridine rings is 1. The van der Waals surface area contributed by atoms with Crippen LogP contribution < -0.4 is 10.6 Å². The number of nitrogens with two attached hydrogens (primary N) is 1. The molecule has 1 atom stereocenters. The van der Waals surface area contributed by atoms with E-state index in [-0.39, 0.29) is 0 Å². The minimum Gasteiger partial charge on any atom is -0.357 e. The van der Waals surface area contributed by atoms with Crippen LogP contribution in [0.1, 0.15) is 32.9 Å². The number of halogens is 1. The summed E-state index contributed by atoms with van der Waals surface area (Å²) in [5.41, 5.74) is 6.39. The number of hydrogen-bond donors (Lipinski definition) is 1. The lowest BCUT2D eigenvalue weighted by Crippen LogP contribution is -2.29. The van der Waals surface area contributed by atoms with Gasteiger partial charge in [-0.05, 0) is 25.0 Å². The molecule has 0 fully saturated rings. The lowest BCUT2D eigenvalue weighted by molar-refractivity contribution is 0.545. The Kier molecular flexibility index (Phi) is 5.72. The molecule has 0 saturated heterocycles. The van der Waals surface area contributed by atoms with Crippen molar-refractivity contribution in [2.75, 3.05) is 18.0 Å². The molecule has 3 nitrogen and oxygen atoms in total. The lowest BCUT2D eigenvalue weighted by atomic mass is 10.1. The Balaban J connectivity index is 2.88. The molecule has 0 amide bonds. The van der Waals surface area contributed by atoms with E-state index in [0.29, 0.717) is 17.5 Å². The molecule has 96 valence electrons. The van der Waals surface area contributed by atoms with Crippen LogP contribution >= 0.6 is 11.6 Å². The fourth-order valence-corrected chi connectivity index (χ4v) is 1.86. The number of anilines is 1. The van der Waals surface area contributed by atoms with Gasteiger partial charge in [-0.2, -0.15) is 0 Å². The smallest absolute Gasteiger partial charge is 0.128 e. The van der Waals surface area contributed by atoms with Gasteiger partial charge >= 0.3 is 0 Å². The maximum Gasteiger partial charge on any atom is 0.128 e.